The van der Waals surface area contributed by atoms with Crippen LogP contribution in [0.5, 0.6) is 5.75 Å². The number of primary amides is 1. The van der Waals surface area contributed by atoms with Crippen molar-refractivity contribution >= 4 is 11.9 Å². The molecule has 104 valence electrons. The van der Waals surface area contributed by atoms with Crippen LogP contribution in [0.15, 0.2) is 34.9 Å². The summed E-state index contributed by atoms with van der Waals surface area (Å²) < 4.78 is 23.6. The van der Waals surface area contributed by atoms with Crippen LogP contribution in [0, 0.1) is 5.82 Å². The molecule has 0 atom stereocenters. The lowest BCUT2D eigenvalue weighted by molar-refractivity contribution is 0.0691. The summed E-state index contributed by atoms with van der Waals surface area (Å²) in [5.41, 5.74) is 4.69. The van der Waals surface area contributed by atoms with E-state index in [1.54, 1.807) is 0 Å². The maximum atomic E-state index is 13.5. The average molecular weight is 279 g/mol. The molecule has 0 saturated carbocycles. The zero-order valence-electron chi connectivity index (χ0n) is 10.1. The van der Waals surface area contributed by atoms with Gasteiger partial charge in [0.15, 0.2) is 5.76 Å². The fourth-order valence-corrected chi connectivity index (χ4v) is 1.58. The molecule has 3 N–H and O–H groups in total. The fraction of sp³-hybridized carbons (Fsp3) is 0.0769. The summed E-state index contributed by atoms with van der Waals surface area (Å²) in [5.74, 6) is -2.61. The number of hydrogen-bond donors (Lipinski definition) is 2. The molecular weight excluding hydrogens is 269 g/mol. The van der Waals surface area contributed by atoms with Crippen molar-refractivity contribution in [1.29, 1.82) is 0 Å². The van der Waals surface area contributed by atoms with Crippen LogP contribution in [0.3, 0.4) is 0 Å². The number of aromatic carboxylic acids is 1. The number of carbonyl (C=O) groups excluding carboxylic acids is 1. The lowest BCUT2D eigenvalue weighted by Gasteiger charge is -2.06. The van der Waals surface area contributed by atoms with Gasteiger partial charge in [0.2, 0.25) is 0 Å². The van der Waals surface area contributed by atoms with Gasteiger partial charge < -0.3 is 20.0 Å². The van der Waals surface area contributed by atoms with Crippen LogP contribution < -0.4 is 10.5 Å². The number of nitrogens with two attached hydrogens (primary N) is 1. The van der Waals surface area contributed by atoms with Gasteiger partial charge in [0.1, 0.15) is 23.7 Å². The molecule has 0 aliphatic rings. The molecule has 7 heteroatoms. The highest BCUT2D eigenvalue weighted by Crippen LogP contribution is 2.19. The first-order chi connectivity index (χ1) is 9.49. The lowest BCUT2D eigenvalue weighted by Crippen LogP contribution is -2.13. The number of halogens is 1. The molecule has 0 aliphatic carbocycles. The zero-order chi connectivity index (χ0) is 14.7. The van der Waals surface area contributed by atoms with Gasteiger partial charge in [-0.1, -0.05) is 0 Å². The summed E-state index contributed by atoms with van der Waals surface area (Å²) in [7, 11) is 0. The van der Waals surface area contributed by atoms with Crippen molar-refractivity contribution in [3.05, 3.63) is 53.2 Å². The molecule has 0 saturated heterocycles. The van der Waals surface area contributed by atoms with Crippen LogP contribution in [0.4, 0.5) is 4.39 Å². The summed E-state index contributed by atoms with van der Waals surface area (Å²) in [6, 6.07) is 4.82. The van der Waals surface area contributed by atoms with Gasteiger partial charge in [0.05, 0.1) is 11.8 Å². The van der Waals surface area contributed by atoms with Gasteiger partial charge in [-0.15, -0.1) is 0 Å². The first-order valence-electron chi connectivity index (χ1n) is 5.51. The van der Waals surface area contributed by atoms with Crippen molar-refractivity contribution in [3.8, 4) is 5.75 Å². The third-order valence-corrected chi connectivity index (χ3v) is 2.55. The Morgan fingerprint density at radius 3 is 2.65 bits per heavy atom. The van der Waals surface area contributed by atoms with Crippen molar-refractivity contribution in [2.75, 3.05) is 0 Å². The molecule has 0 aliphatic heterocycles. The van der Waals surface area contributed by atoms with Crippen molar-refractivity contribution in [3.63, 3.8) is 0 Å². The quantitative estimate of drug-likeness (QED) is 0.868. The normalized spacial score (nSPS) is 10.2. The van der Waals surface area contributed by atoms with Gasteiger partial charge in [-0.05, 0) is 18.2 Å². The topological polar surface area (TPSA) is 103 Å². The molecule has 0 spiro atoms. The van der Waals surface area contributed by atoms with Gasteiger partial charge in [0.25, 0.3) is 5.91 Å². The molecule has 0 fully saturated rings. The van der Waals surface area contributed by atoms with Crippen molar-refractivity contribution < 1.29 is 28.2 Å². The average Bonchev–Trinajstić information content (AvgIpc) is 2.84. The van der Waals surface area contributed by atoms with Crippen LogP contribution in [-0.4, -0.2) is 17.0 Å². The Bertz CT molecular complexity index is 665. The highest BCUT2D eigenvalue weighted by atomic mass is 19.1. The molecule has 2 aromatic rings. The summed E-state index contributed by atoms with van der Waals surface area (Å²) in [6.07, 6.45) is 1.22. The predicted molar refractivity (Wildman–Crippen MR) is 64.9 cm³/mol. The van der Waals surface area contributed by atoms with Crippen LogP contribution in [0.25, 0.3) is 0 Å². The summed E-state index contributed by atoms with van der Waals surface area (Å²) in [5, 5.41) is 8.87. The minimum Gasteiger partial charge on any atom is -0.486 e. The third-order valence-electron chi connectivity index (χ3n) is 2.55. The molecule has 20 heavy (non-hydrogen) atoms. The van der Waals surface area contributed by atoms with Crippen LogP contribution >= 0.6 is 0 Å². The number of hydrogen-bond acceptors (Lipinski definition) is 4. The first-order valence-corrected chi connectivity index (χ1v) is 5.51. The predicted octanol–water partition coefficient (Wildman–Crippen LogP) is 1.79. The lowest BCUT2D eigenvalue weighted by atomic mass is 10.2. The van der Waals surface area contributed by atoms with Crippen LogP contribution in [0.2, 0.25) is 0 Å². The Balaban J connectivity index is 2.11. The fourth-order valence-electron chi connectivity index (χ4n) is 1.58. The van der Waals surface area contributed by atoms with Gasteiger partial charge in [-0.2, -0.15) is 0 Å². The molecule has 6 nitrogen and oxygen atoms in total. The van der Waals surface area contributed by atoms with Gasteiger partial charge in [0, 0.05) is 6.07 Å². The number of rotatable bonds is 5. The van der Waals surface area contributed by atoms with Crippen molar-refractivity contribution in [2.24, 2.45) is 5.73 Å². The summed E-state index contributed by atoms with van der Waals surface area (Å²) in [6.45, 7) is -0.177. The Labute approximate surface area is 112 Å². The minimum absolute atomic E-state index is 0.0285. The maximum Gasteiger partial charge on any atom is 0.339 e. The summed E-state index contributed by atoms with van der Waals surface area (Å²) in [4.78, 5) is 21.7. The molecule has 2 rings (SSSR count). The largest absolute Gasteiger partial charge is 0.486 e. The second kappa shape index (κ2) is 5.43. The van der Waals surface area contributed by atoms with Crippen molar-refractivity contribution in [1.82, 2.24) is 0 Å². The standard InChI is InChI=1S/C13H10FNO5/c14-10-5-7(1-2-8(10)12(15)16)20-6-11-9(13(17)18)3-4-19-11/h1-5H,6H2,(H2,15,16)(H,17,18). The monoisotopic (exact) mass is 279 g/mol. The highest BCUT2D eigenvalue weighted by molar-refractivity contribution is 5.93. The number of furan rings is 1. The number of amides is 1. The summed E-state index contributed by atoms with van der Waals surface area (Å²) >= 11 is 0. The Morgan fingerprint density at radius 2 is 2.05 bits per heavy atom. The van der Waals surface area contributed by atoms with Crippen LogP contribution in [0.1, 0.15) is 26.5 Å². The molecule has 1 amide bonds. The highest BCUT2D eigenvalue weighted by Gasteiger charge is 2.14. The Morgan fingerprint density at radius 1 is 1.30 bits per heavy atom. The van der Waals surface area contributed by atoms with E-state index < -0.39 is 17.7 Å². The number of carboxylic acid groups (broad SMARTS) is 1. The third kappa shape index (κ3) is 2.77. The maximum absolute atomic E-state index is 13.5. The van der Waals surface area contributed by atoms with Gasteiger partial charge in [-0.3, -0.25) is 4.79 Å². The van der Waals surface area contributed by atoms with E-state index in [-0.39, 0.29) is 29.2 Å². The number of benzene rings is 1. The van der Waals surface area contributed by atoms with Crippen molar-refractivity contribution in [2.45, 2.75) is 6.61 Å². The second-order valence-electron chi connectivity index (χ2n) is 3.86. The molecular formula is C13H10FNO5. The van der Waals surface area contributed by atoms with E-state index in [0.29, 0.717) is 0 Å². The van der Waals surface area contributed by atoms with E-state index >= 15 is 0 Å². The molecule has 1 aromatic carbocycles. The van der Waals surface area contributed by atoms with Gasteiger partial charge >= 0.3 is 5.97 Å². The van der Waals surface area contributed by atoms with E-state index in [2.05, 4.69) is 0 Å². The van der Waals surface area contributed by atoms with E-state index in [1.807, 2.05) is 0 Å². The molecule has 1 heterocycles. The van der Waals surface area contributed by atoms with Gasteiger partial charge in [-0.25, -0.2) is 9.18 Å². The Hall–Kier alpha value is -2.83. The SMILES string of the molecule is NC(=O)c1ccc(OCc2occc2C(=O)O)cc1F. The van der Waals surface area contributed by atoms with E-state index in [1.165, 1.54) is 24.5 Å². The molecule has 0 radical (unpaired) electrons. The zero-order valence-corrected chi connectivity index (χ0v) is 10.1. The second-order valence-corrected chi connectivity index (χ2v) is 3.86. The molecule has 1 aromatic heterocycles. The molecule has 0 bridgehead atoms. The number of ether oxygens (including phenoxy) is 1. The van der Waals surface area contributed by atoms with Crippen LogP contribution in [-0.2, 0) is 6.61 Å². The Kier molecular flexibility index (Phi) is 3.69. The van der Waals surface area contributed by atoms with E-state index in [9.17, 15) is 14.0 Å². The molecule has 0 unspecified atom stereocenters. The number of carbonyl (C=O) groups is 2. The van der Waals surface area contributed by atoms with E-state index in [4.69, 9.17) is 20.0 Å². The number of carboxylic acids is 1. The first kappa shape index (κ1) is 13.6. The van der Waals surface area contributed by atoms with E-state index in [0.717, 1.165) is 6.07 Å². The minimum atomic E-state index is -1.15. The smallest absolute Gasteiger partial charge is 0.339 e.